The first-order valence-corrected chi connectivity index (χ1v) is 8.02. The number of nitrogens with one attached hydrogen (secondary N) is 1. The van der Waals surface area contributed by atoms with Crippen molar-refractivity contribution < 1.29 is 8.42 Å². The summed E-state index contributed by atoms with van der Waals surface area (Å²) >= 11 is 11.6. The fourth-order valence-corrected chi connectivity index (χ4v) is 3.09. The van der Waals surface area contributed by atoms with Crippen LogP contribution >= 0.6 is 23.2 Å². The summed E-state index contributed by atoms with van der Waals surface area (Å²) in [5, 5.41) is -0.108. The number of rotatable bonds is 3. The van der Waals surface area contributed by atoms with Gasteiger partial charge >= 0.3 is 0 Å². The molecule has 21 heavy (non-hydrogen) atoms. The van der Waals surface area contributed by atoms with Crippen LogP contribution in [0.4, 0.5) is 11.5 Å². The molecule has 0 amide bonds. The van der Waals surface area contributed by atoms with Gasteiger partial charge in [0.05, 0.1) is 4.90 Å². The van der Waals surface area contributed by atoms with Crippen molar-refractivity contribution in [2.75, 3.05) is 10.5 Å². The summed E-state index contributed by atoms with van der Waals surface area (Å²) in [5.41, 5.74) is 7.79. The van der Waals surface area contributed by atoms with E-state index in [1.165, 1.54) is 12.1 Å². The van der Waals surface area contributed by atoms with E-state index in [1.807, 2.05) is 6.92 Å². The van der Waals surface area contributed by atoms with Gasteiger partial charge in [0.1, 0.15) is 11.3 Å². The van der Waals surface area contributed by atoms with E-state index in [0.29, 0.717) is 5.69 Å². The Morgan fingerprint density at radius 3 is 2.48 bits per heavy atom. The van der Waals surface area contributed by atoms with Crippen molar-refractivity contribution in [2.24, 2.45) is 0 Å². The minimum atomic E-state index is -3.88. The average molecular weight is 347 g/mol. The number of aryl methyl sites for hydroxylation is 1. The molecular weight excluding hydrogens is 335 g/mol. The van der Waals surface area contributed by atoms with Gasteiger partial charge in [0.15, 0.2) is 11.0 Å². The first-order chi connectivity index (χ1) is 9.72. The third-order valence-electron chi connectivity index (χ3n) is 2.97. The zero-order valence-electron chi connectivity index (χ0n) is 11.2. The van der Waals surface area contributed by atoms with Crippen molar-refractivity contribution in [3.63, 3.8) is 0 Å². The number of benzene rings is 1. The monoisotopic (exact) mass is 346 g/mol. The van der Waals surface area contributed by atoms with Crippen LogP contribution in [0.1, 0.15) is 11.1 Å². The number of nitrogen functional groups attached to an aromatic ring is 1. The number of halogens is 2. The summed E-state index contributed by atoms with van der Waals surface area (Å²) in [6.07, 6.45) is 1.11. The highest BCUT2D eigenvalue weighted by atomic mass is 35.5. The number of hydrogen-bond donors (Lipinski definition) is 2. The zero-order valence-corrected chi connectivity index (χ0v) is 13.5. The van der Waals surface area contributed by atoms with Crippen LogP contribution in [0.15, 0.2) is 23.4 Å². The Kier molecular flexibility index (Phi) is 4.27. The summed E-state index contributed by atoms with van der Waals surface area (Å²) < 4.78 is 27.0. The molecule has 0 bridgehead atoms. The number of hydrogen-bond acceptors (Lipinski definition) is 5. The van der Waals surface area contributed by atoms with Gasteiger partial charge in [-0.3, -0.25) is 4.72 Å². The van der Waals surface area contributed by atoms with Gasteiger partial charge in [0.2, 0.25) is 0 Å². The predicted octanol–water partition coefficient (Wildman–Crippen LogP) is 2.78. The molecule has 0 spiro atoms. The molecule has 1 heterocycles. The molecule has 0 aliphatic heterocycles. The molecule has 0 aliphatic carbocycles. The van der Waals surface area contributed by atoms with E-state index in [2.05, 4.69) is 14.7 Å². The molecule has 0 radical (unpaired) electrons. The van der Waals surface area contributed by atoms with Gasteiger partial charge < -0.3 is 5.73 Å². The van der Waals surface area contributed by atoms with Crippen LogP contribution in [0.5, 0.6) is 0 Å². The van der Waals surface area contributed by atoms with Gasteiger partial charge in [0, 0.05) is 5.69 Å². The van der Waals surface area contributed by atoms with Crippen molar-refractivity contribution >= 4 is 44.7 Å². The number of nitrogens with two attached hydrogens (primary N) is 1. The lowest BCUT2D eigenvalue weighted by Crippen LogP contribution is -2.15. The Balaban J connectivity index is 2.46. The Labute approximate surface area is 132 Å². The Hall–Kier alpha value is -1.57. The molecule has 0 aliphatic rings. The predicted molar refractivity (Wildman–Crippen MR) is 83.2 cm³/mol. The molecule has 0 saturated carbocycles. The lowest BCUT2D eigenvalue weighted by atomic mass is 10.1. The van der Waals surface area contributed by atoms with Gasteiger partial charge in [-0.1, -0.05) is 23.2 Å². The molecule has 0 saturated heterocycles. The summed E-state index contributed by atoms with van der Waals surface area (Å²) in [6, 6.07) is 2.89. The molecule has 3 N–H and O–H groups in total. The Morgan fingerprint density at radius 2 is 1.86 bits per heavy atom. The minimum absolute atomic E-state index is 0.0221. The molecule has 9 heteroatoms. The molecule has 2 rings (SSSR count). The van der Waals surface area contributed by atoms with Crippen molar-refractivity contribution in [3.05, 3.63) is 39.8 Å². The van der Waals surface area contributed by atoms with E-state index in [4.69, 9.17) is 28.9 Å². The lowest BCUT2D eigenvalue weighted by Gasteiger charge is -2.12. The molecular formula is C12H12Cl2N4O2S. The van der Waals surface area contributed by atoms with E-state index in [-0.39, 0.29) is 20.9 Å². The molecule has 1 aromatic carbocycles. The second-order valence-corrected chi connectivity index (χ2v) is 6.81. The molecule has 6 nitrogen and oxygen atoms in total. The first kappa shape index (κ1) is 15.8. The van der Waals surface area contributed by atoms with Gasteiger partial charge in [-0.15, -0.1) is 0 Å². The summed E-state index contributed by atoms with van der Waals surface area (Å²) in [6.45, 7) is 3.59. The van der Waals surface area contributed by atoms with Crippen LogP contribution in [0.3, 0.4) is 0 Å². The Morgan fingerprint density at radius 1 is 1.19 bits per heavy atom. The van der Waals surface area contributed by atoms with E-state index >= 15 is 0 Å². The summed E-state index contributed by atoms with van der Waals surface area (Å²) in [5.74, 6) is -0.0894. The topological polar surface area (TPSA) is 98.0 Å². The van der Waals surface area contributed by atoms with Crippen molar-refractivity contribution in [3.8, 4) is 0 Å². The van der Waals surface area contributed by atoms with Crippen LogP contribution in [-0.2, 0) is 10.0 Å². The second kappa shape index (κ2) is 5.67. The van der Waals surface area contributed by atoms with E-state index in [0.717, 1.165) is 17.5 Å². The van der Waals surface area contributed by atoms with Crippen molar-refractivity contribution in [2.45, 2.75) is 18.7 Å². The summed E-state index contributed by atoms with van der Waals surface area (Å²) in [7, 11) is -3.88. The second-order valence-electron chi connectivity index (χ2n) is 4.39. The van der Waals surface area contributed by atoms with Crippen LogP contribution < -0.4 is 10.5 Å². The lowest BCUT2D eigenvalue weighted by molar-refractivity contribution is 0.601. The molecule has 0 fully saturated rings. The molecule has 0 atom stereocenters. The van der Waals surface area contributed by atoms with Crippen LogP contribution in [-0.4, -0.2) is 18.4 Å². The standard InChI is InChI=1S/C12H12Cl2N4O2S/c1-6-3-8(4-9(15)7(6)2)21(19,20)18-12-10(13)11(14)16-5-17-12/h3-5H,15H2,1-2H3,(H,16,17,18). The summed E-state index contributed by atoms with van der Waals surface area (Å²) in [4.78, 5) is 7.43. The van der Waals surface area contributed by atoms with Gasteiger partial charge in [-0.25, -0.2) is 18.4 Å². The largest absolute Gasteiger partial charge is 0.398 e. The third-order valence-corrected chi connectivity index (χ3v) is 5.03. The number of nitrogens with zero attached hydrogens (tertiary/aromatic N) is 2. The highest BCUT2D eigenvalue weighted by Gasteiger charge is 2.19. The SMILES string of the molecule is Cc1cc(S(=O)(=O)Nc2ncnc(Cl)c2Cl)cc(N)c1C. The Bertz CT molecular complexity index is 786. The van der Waals surface area contributed by atoms with Crippen molar-refractivity contribution in [1.82, 2.24) is 9.97 Å². The maximum absolute atomic E-state index is 12.4. The molecule has 112 valence electrons. The van der Waals surface area contributed by atoms with Gasteiger partial charge in [-0.2, -0.15) is 0 Å². The van der Waals surface area contributed by atoms with E-state index < -0.39 is 10.0 Å². The highest BCUT2D eigenvalue weighted by molar-refractivity contribution is 7.92. The third kappa shape index (κ3) is 3.20. The van der Waals surface area contributed by atoms with E-state index in [1.54, 1.807) is 6.92 Å². The molecule has 2 aromatic rings. The molecule has 0 unspecified atom stereocenters. The van der Waals surface area contributed by atoms with E-state index in [9.17, 15) is 8.42 Å². The first-order valence-electron chi connectivity index (χ1n) is 5.78. The fraction of sp³-hybridized carbons (Fsp3) is 0.167. The number of sulfonamides is 1. The highest BCUT2D eigenvalue weighted by Crippen LogP contribution is 2.28. The normalized spacial score (nSPS) is 11.4. The van der Waals surface area contributed by atoms with Gasteiger partial charge in [-0.05, 0) is 37.1 Å². The van der Waals surface area contributed by atoms with Crippen LogP contribution in [0.2, 0.25) is 10.2 Å². The minimum Gasteiger partial charge on any atom is -0.398 e. The number of aromatic nitrogens is 2. The zero-order chi connectivity index (χ0) is 15.8. The van der Waals surface area contributed by atoms with Crippen LogP contribution in [0, 0.1) is 13.8 Å². The van der Waals surface area contributed by atoms with Crippen molar-refractivity contribution in [1.29, 1.82) is 0 Å². The smallest absolute Gasteiger partial charge is 0.263 e. The maximum Gasteiger partial charge on any atom is 0.263 e. The molecule has 1 aromatic heterocycles. The van der Waals surface area contributed by atoms with Gasteiger partial charge in [0.25, 0.3) is 10.0 Å². The van der Waals surface area contributed by atoms with Crippen LogP contribution in [0.25, 0.3) is 0 Å². The maximum atomic E-state index is 12.4. The quantitative estimate of drug-likeness (QED) is 0.657. The average Bonchev–Trinajstić information content (AvgIpc) is 2.40. The number of anilines is 2. The fourth-order valence-electron chi connectivity index (χ4n) is 1.61.